The second-order valence-electron chi connectivity index (χ2n) is 5.14. The maximum Gasteiger partial charge on any atom is 0.145 e. The zero-order chi connectivity index (χ0) is 13.0. The second-order valence-corrected chi connectivity index (χ2v) is 5.14. The molecule has 1 saturated carbocycles. The summed E-state index contributed by atoms with van der Waals surface area (Å²) in [6.07, 6.45) is 4.97. The first-order valence-corrected chi connectivity index (χ1v) is 6.63. The summed E-state index contributed by atoms with van der Waals surface area (Å²) >= 11 is 0. The maximum absolute atomic E-state index is 13.9. The molecule has 0 aliphatic heterocycles. The van der Waals surface area contributed by atoms with Gasteiger partial charge in [-0.05, 0) is 24.8 Å². The number of hydrogen-bond donors (Lipinski definition) is 1. The van der Waals surface area contributed by atoms with Gasteiger partial charge in [-0.2, -0.15) is 5.26 Å². The van der Waals surface area contributed by atoms with Crippen LogP contribution in [0.2, 0.25) is 0 Å². The Hall–Kier alpha value is -1.40. The van der Waals surface area contributed by atoms with Gasteiger partial charge in [0.2, 0.25) is 0 Å². The van der Waals surface area contributed by atoms with Crippen LogP contribution in [0.5, 0.6) is 0 Å². The molecule has 18 heavy (non-hydrogen) atoms. The van der Waals surface area contributed by atoms with Crippen LogP contribution in [0.4, 0.5) is 4.39 Å². The van der Waals surface area contributed by atoms with Crippen LogP contribution >= 0.6 is 0 Å². The van der Waals surface area contributed by atoms with E-state index in [9.17, 15) is 4.39 Å². The lowest BCUT2D eigenvalue weighted by Crippen LogP contribution is -2.36. The summed E-state index contributed by atoms with van der Waals surface area (Å²) in [6.45, 7) is 2.76. The van der Waals surface area contributed by atoms with E-state index in [-0.39, 0.29) is 11.4 Å². The van der Waals surface area contributed by atoms with E-state index >= 15 is 0 Å². The van der Waals surface area contributed by atoms with Crippen molar-refractivity contribution < 1.29 is 4.39 Å². The molecule has 2 atom stereocenters. The molecule has 1 aromatic rings. The van der Waals surface area contributed by atoms with Crippen molar-refractivity contribution in [2.24, 2.45) is 5.92 Å². The summed E-state index contributed by atoms with van der Waals surface area (Å²) in [5, 5.41) is 12.2. The van der Waals surface area contributed by atoms with E-state index in [1.165, 1.54) is 31.7 Å². The molecule has 2 rings (SSSR count). The third-order valence-corrected chi connectivity index (χ3v) is 3.87. The highest BCUT2D eigenvalue weighted by atomic mass is 19.1. The minimum Gasteiger partial charge on any atom is -0.310 e. The fourth-order valence-electron chi connectivity index (χ4n) is 2.66. The fourth-order valence-corrected chi connectivity index (χ4v) is 2.66. The number of halogens is 1. The third-order valence-electron chi connectivity index (χ3n) is 3.87. The largest absolute Gasteiger partial charge is 0.310 e. The van der Waals surface area contributed by atoms with Gasteiger partial charge in [-0.25, -0.2) is 4.39 Å². The molecule has 1 aliphatic rings. The van der Waals surface area contributed by atoms with Gasteiger partial charge in [0.15, 0.2) is 0 Å². The Morgan fingerprint density at radius 2 is 2.17 bits per heavy atom. The fraction of sp³-hybridized carbons (Fsp3) is 0.533. The summed E-state index contributed by atoms with van der Waals surface area (Å²) in [7, 11) is 0. The van der Waals surface area contributed by atoms with Crippen LogP contribution in [0.3, 0.4) is 0 Å². The number of rotatable bonds is 3. The van der Waals surface area contributed by atoms with E-state index in [1.807, 2.05) is 6.07 Å². The Morgan fingerprint density at radius 1 is 1.39 bits per heavy atom. The minimum absolute atomic E-state index is 0.131. The highest BCUT2D eigenvalue weighted by Crippen LogP contribution is 2.24. The van der Waals surface area contributed by atoms with Crippen LogP contribution < -0.4 is 5.32 Å². The molecule has 1 aliphatic carbocycles. The summed E-state index contributed by atoms with van der Waals surface area (Å²) in [4.78, 5) is 0. The topological polar surface area (TPSA) is 35.8 Å². The van der Waals surface area contributed by atoms with Crippen molar-refractivity contribution >= 4 is 0 Å². The lowest BCUT2D eigenvalue weighted by molar-refractivity contribution is 0.278. The summed E-state index contributed by atoms with van der Waals surface area (Å²) < 4.78 is 13.9. The van der Waals surface area contributed by atoms with Gasteiger partial charge in [0.1, 0.15) is 11.9 Å². The Bertz CT molecular complexity index is 450. The van der Waals surface area contributed by atoms with Crippen LogP contribution in [0.25, 0.3) is 0 Å². The van der Waals surface area contributed by atoms with Gasteiger partial charge < -0.3 is 5.32 Å². The average molecular weight is 246 g/mol. The molecule has 2 unspecified atom stereocenters. The van der Waals surface area contributed by atoms with E-state index in [0.29, 0.717) is 24.1 Å². The average Bonchev–Trinajstić information content (AvgIpc) is 2.39. The van der Waals surface area contributed by atoms with Crippen LogP contribution in [-0.4, -0.2) is 6.04 Å². The molecule has 1 N–H and O–H groups in total. The standard InChI is InChI=1S/C15H19FN2/c1-11-5-2-3-8-14(11)18-10-13-7-4-6-12(9-17)15(13)16/h4,6-7,11,14,18H,2-3,5,8,10H2,1H3. The van der Waals surface area contributed by atoms with E-state index in [0.717, 1.165) is 0 Å². The van der Waals surface area contributed by atoms with Crippen molar-refractivity contribution in [1.29, 1.82) is 5.26 Å². The first-order chi connectivity index (χ1) is 8.72. The molecule has 0 heterocycles. The lowest BCUT2D eigenvalue weighted by Gasteiger charge is -2.29. The Morgan fingerprint density at radius 3 is 2.89 bits per heavy atom. The molecule has 0 amide bonds. The van der Waals surface area contributed by atoms with Crippen molar-refractivity contribution in [3.05, 3.63) is 35.1 Å². The predicted octanol–water partition coefficient (Wildman–Crippen LogP) is 3.37. The molecular formula is C15H19FN2. The van der Waals surface area contributed by atoms with E-state index in [4.69, 9.17) is 5.26 Å². The maximum atomic E-state index is 13.9. The van der Waals surface area contributed by atoms with Crippen LogP contribution in [0.15, 0.2) is 18.2 Å². The van der Waals surface area contributed by atoms with Gasteiger partial charge in [-0.3, -0.25) is 0 Å². The molecule has 3 heteroatoms. The molecule has 0 radical (unpaired) electrons. The lowest BCUT2D eigenvalue weighted by atomic mass is 9.86. The predicted molar refractivity (Wildman–Crippen MR) is 69.4 cm³/mol. The van der Waals surface area contributed by atoms with E-state index in [2.05, 4.69) is 12.2 Å². The van der Waals surface area contributed by atoms with Gasteiger partial charge in [0.25, 0.3) is 0 Å². The zero-order valence-electron chi connectivity index (χ0n) is 10.7. The van der Waals surface area contributed by atoms with Gasteiger partial charge in [0, 0.05) is 18.2 Å². The van der Waals surface area contributed by atoms with Crippen molar-refractivity contribution in [2.45, 2.75) is 45.2 Å². The highest BCUT2D eigenvalue weighted by Gasteiger charge is 2.20. The second kappa shape index (κ2) is 5.97. The highest BCUT2D eigenvalue weighted by molar-refractivity contribution is 5.34. The molecule has 1 aromatic carbocycles. The van der Waals surface area contributed by atoms with Gasteiger partial charge in [-0.15, -0.1) is 0 Å². The Kier molecular flexibility index (Phi) is 4.33. The monoisotopic (exact) mass is 246 g/mol. The first kappa shape index (κ1) is 13.0. The number of hydrogen-bond acceptors (Lipinski definition) is 2. The molecule has 0 aromatic heterocycles. The smallest absolute Gasteiger partial charge is 0.145 e. The molecule has 0 saturated heterocycles. The van der Waals surface area contributed by atoms with Crippen molar-refractivity contribution in [3.8, 4) is 6.07 Å². The SMILES string of the molecule is CC1CCCCC1NCc1cccc(C#N)c1F. The van der Waals surface area contributed by atoms with E-state index in [1.54, 1.807) is 12.1 Å². The van der Waals surface area contributed by atoms with Gasteiger partial charge in [0.05, 0.1) is 5.56 Å². The molecule has 96 valence electrons. The Labute approximate surface area is 108 Å². The molecule has 2 nitrogen and oxygen atoms in total. The van der Waals surface area contributed by atoms with Crippen molar-refractivity contribution in [1.82, 2.24) is 5.32 Å². The zero-order valence-corrected chi connectivity index (χ0v) is 10.7. The minimum atomic E-state index is -0.379. The quantitative estimate of drug-likeness (QED) is 0.887. The van der Waals surface area contributed by atoms with Crippen LogP contribution in [0, 0.1) is 23.1 Å². The molecule has 0 spiro atoms. The molecule has 1 fully saturated rings. The van der Waals surface area contributed by atoms with Gasteiger partial charge >= 0.3 is 0 Å². The van der Waals surface area contributed by atoms with E-state index < -0.39 is 0 Å². The van der Waals surface area contributed by atoms with Crippen LogP contribution in [-0.2, 0) is 6.54 Å². The summed E-state index contributed by atoms with van der Waals surface area (Å²) in [5.74, 6) is 0.275. The van der Waals surface area contributed by atoms with Crippen molar-refractivity contribution in [3.63, 3.8) is 0 Å². The molecular weight excluding hydrogens is 227 g/mol. The third kappa shape index (κ3) is 2.88. The Balaban J connectivity index is 2.00. The number of nitriles is 1. The number of nitrogens with zero attached hydrogens (tertiary/aromatic N) is 1. The molecule has 0 bridgehead atoms. The summed E-state index contributed by atoms with van der Waals surface area (Å²) in [6, 6.07) is 7.36. The van der Waals surface area contributed by atoms with Crippen molar-refractivity contribution in [2.75, 3.05) is 0 Å². The van der Waals surface area contributed by atoms with Crippen LogP contribution in [0.1, 0.15) is 43.7 Å². The summed E-state index contributed by atoms with van der Waals surface area (Å²) in [5.41, 5.74) is 0.720. The van der Waals surface area contributed by atoms with Gasteiger partial charge in [-0.1, -0.05) is 31.9 Å². The first-order valence-electron chi connectivity index (χ1n) is 6.63. The number of nitrogens with one attached hydrogen (secondary N) is 1. The normalized spacial score (nSPS) is 23.6. The number of benzene rings is 1.